The van der Waals surface area contributed by atoms with Gasteiger partial charge in [-0.3, -0.25) is 18.6 Å². The van der Waals surface area contributed by atoms with Gasteiger partial charge in [0.15, 0.2) is 0 Å². The summed E-state index contributed by atoms with van der Waals surface area (Å²) in [4.78, 5) is 33.7. The highest BCUT2D eigenvalue weighted by Gasteiger charge is 2.27. The molecule has 0 radical (unpaired) electrons. The highest BCUT2D eigenvalue weighted by Crippen LogP contribution is 2.43. The second-order valence-electron chi connectivity index (χ2n) is 16.2. The van der Waals surface area contributed by atoms with Crippen molar-refractivity contribution < 1.29 is 42.7 Å². The number of phosphoric acid groups is 1. The molecule has 0 aliphatic heterocycles. The fourth-order valence-corrected chi connectivity index (χ4v) is 6.88. The quantitative estimate of drug-likeness (QED) is 0.0232. The van der Waals surface area contributed by atoms with Gasteiger partial charge >= 0.3 is 19.8 Å². The maximum Gasteiger partial charge on any atom is 0.472 e. The topological polar surface area (TPSA) is 155 Å². The molecule has 378 valence electrons. The number of phosphoric ester groups is 1. The van der Waals surface area contributed by atoms with Crippen molar-refractivity contribution in [2.45, 2.75) is 180 Å². The van der Waals surface area contributed by atoms with Gasteiger partial charge in [-0.15, -0.1) is 0 Å². The minimum atomic E-state index is -4.65. The van der Waals surface area contributed by atoms with Crippen molar-refractivity contribution in [3.05, 3.63) is 134 Å². The first kappa shape index (κ1) is 63.1. The molecule has 67 heavy (non-hydrogen) atoms. The molecule has 0 spiro atoms. The Morgan fingerprint density at radius 1 is 0.478 bits per heavy atom. The molecule has 0 aromatic carbocycles. The summed E-state index contributed by atoms with van der Waals surface area (Å²) >= 11 is 0. The molecule has 0 aliphatic rings. The van der Waals surface area contributed by atoms with E-state index in [0.29, 0.717) is 13.0 Å². The Bertz CT molecular complexity index is 1570. The summed E-state index contributed by atoms with van der Waals surface area (Å²) in [7, 11) is -4.65. The Kier molecular flexibility index (Phi) is 47.1. The van der Waals surface area contributed by atoms with Gasteiger partial charge in [0.25, 0.3) is 0 Å². The van der Waals surface area contributed by atoms with Gasteiger partial charge in [0, 0.05) is 13.0 Å². The predicted octanol–water partition coefficient (Wildman–Crippen LogP) is 15.0. The maximum atomic E-state index is 12.7. The van der Waals surface area contributed by atoms with Crippen molar-refractivity contribution in [2.75, 3.05) is 26.4 Å². The number of carbonyl (C=O) groups is 2. The Hall–Kier alpha value is -3.89. The van der Waals surface area contributed by atoms with E-state index in [9.17, 15) is 19.0 Å². The van der Waals surface area contributed by atoms with Crippen LogP contribution in [0.1, 0.15) is 168 Å². The molecule has 3 unspecified atom stereocenters. The molecule has 11 heteroatoms. The van der Waals surface area contributed by atoms with Crippen LogP contribution in [-0.4, -0.2) is 60.5 Å². The molecule has 0 heterocycles. The largest absolute Gasteiger partial charge is 0.480 e. The van der Waals surface area contributed by atoms with Crippen LogP contribution in [0.25, 0.3) is 0 Å². The van der Waals surface area contributed by atoms with Crippen LogP contribution in [0, 0.1) is 0 Å². The summed E-state index contributed by atoms with van der Waals surface area (Å²) in [5, 5.41) is 8.93. The predicted molar refractivity (Wildman–Crippen MR) is 281 cm³/mol. The molecular weight excluding hydrogens is 862 g/mol. The van der Waals surface area contributed by atoms with Crippen molar-refractivity contribution in [3.63, 3.8) is 0 Å². The molecule has 0 bridgehead atoms. The molecule has 4 N–H and O–H groups in total. The Labute approximate surface area is 406 Å². The number of carboxylic acid groups (broad SMARTS) is 1. The number of allylic oxidation sites excluding steroid dienone is 22. The van der Waals surface area contributed by atoms with E-state index in [2.05, 4.69) is 148 Å². The van der Waals surface area contributed by atoms with E-state index in [-0.39, 0.29) is 13.0 Å². The number of carbonyl (C=O) groups excluding carboxylic acids is 1. The van der Waals surface area contributed by atoms with Crippen molar-refractivity contribution in [2.24, 2.45) is 5.73 Å². The second kappa shape index (κ2) is 50.0. The molecule has 0 aromatic rings. The van der Waals surface area contributed by atoms with E-state index in [1.807, 2.05) is 0 Å². The van der Waals surface area contributed by atoms with Crippen LogP contribution in [0.3, 0.4) is 0 Å². The van der Waals surface area contributed by atoms with E-state index in [4.69, 9.17) is 29.4 Å². The van der Waals surface area contributed by atoms with Gasteiger partial charge in [-0.2, -0.15) is 0 Å². The number of rotatable bonds is 46. The molecule has 0 aliphatic carbocycles. The van der Waals surface area contributed by atoms with Gasteiger partial charge in [0.2, 0.25) is 0 Å². The first-order valence-corrected chi connectivity index (χ1v) is 26.7. The van der Waals surface area contributed by atoms with Gasteiger partial charge in [-0.1, -0.05) is 186 Å². The summed E-state index contributed by atoms with van der Waals surface area (Å²) in [6, 6.07) is -1.49. The number of aliphatic carboxylic acids is 1. The smallest absolute Gasteiger partial charge is 0.472 e. The highest BCUT2D eigenvalue weighted by atomic mass is 31.2. The van der Waals surface area contributed by atoms with Gasteiger partial charge in [-0.05, 0) is 109 Å². The standard InChI is InChI=1S/C56H90NO9P/c1-3-5-7-9-11-13-15-17-19-21-23-25-26-27-29-31-33-35-37-39-41-43-45-47-49-63-50-53(51-64-67(61,62)65-52-54(57)56(59)60)66-55(58)48-46-44-42-40-38-36-34-32-30-28-24-22-20-18-16-14-12-10-8-6-4-2/h5-8,11-14,17-20,23-25,27-29,32,34,38,40,53-54H,3-4,9-10,15-16,21-22,26,30-31,33,35-37,39,41-52,57H2,1-2H3,(H,59,60)(H,61,62)/b7-5-,8-6-,13-11-,14-12-,19-17-,20-18-,25-23-,28-24-,29-27-,34-32-,40-38-. The molecule has 0 aromatic heterocycles. The lowest BCUT2D eigenvalue weighted by molar-refractivity contribution is -0.154. The first-order chi connectivity index (χ1) is 32.7. The van der Waals surface area contributed by atoms with Gasteiger partial charge in [-0.25, -0.2) is 4.57 Å². The molecule has 0 rings (SSSR count). The number of esters is 1. The number of hydrogen-bond donors (Lipinski definition) is 3. The summed E-state index contributed by atoms with van der Waals surface area (Å²) in [5.74, 6) is -1.84. The third-order valence-electron chi connectivity index (χ3n) is 9.93. The van der Waals surface area contributed by atoms with E-state index in [1.165, 1.54) is 32.1 Å². The number of nitrogens with two attached hydrogens (primary N) is 1. The van der Waals surface area contributed by atoms with E-state index < -0.39 is 45.1 Å². The molecule has 0 saturated heterocycles. The van der Waals surface area contributed by atoms with Crippen molar-refractivity contribution in [1.82, 2.24) is 0 Å². The average Bonchev–Trinajstić information content (AvgIpc) is 3.31. The van der Waals surface area contributed by atoms with Crippen LogP contribution in [0.4, 0.5) is 0 Å². The SMILES string of the molecule is CC/C=C\C/C=C\C/C=C\C/C=C\C/C=C\C/C=C\CCCCC(=O)OC(COCCCCCCCCCC/C=C\C/C=C\C/C=C\C/C=C\C/C=C\CC)COP(=O)(O)OCC(N)C(=O)O. The number of unbranched alkanes of at least 4 members (excludes halogenated alkanes) is 10. The number of ether oxygens (including phenoxy) is 2. The Balaban J connectivity index is 4.29. The average molecular weight is 952 g/mol. The fourth-order valence-electron chi connectivity index (χ4n) is 6.10. The summed E-state index contributed by atoms with van der Waals surface area (Å²) in [6.07, 6.45) is 70.8. The Morgan fingerprint density at radius 3 is 1.22 bits per heavy atom. The van der Waals surface area contributed by atoms with Crippen LogP contribution < -0.4 is 5.73 Å². The van der Waals surface area contributed by atoms with Crippen molar-refractivity contribution >= 4 is 19.8 Å². The van der Waals surface area contributed by atoms with Crippen LogP contribution in [0.2, 0.25) is 0 Å². The number of carboxylic acids is 1. The molecule has 0 saturated carbocycles. The Morgan fingerprint density at radius 2 is 0.821 bits per heavy atom. The van der Waals surface area contributed by atoms with Gasteiger partial charge < -0.3 is 25.2 Å². The van der Waals surface area contributed by atoms with Gasteiger partial charge in [0.05, 0.1) is 19.8 Å². The lowest BCUT2D eigenvalue weighted by atomic mass is 10.1. The second-order valence-corrected chi connectivity index (χ2v) is 17.6. The summed E-state index contributed by atoms with van der Waals surface area (Å²) in [5.41, 5.74) is 5.37. The third kappa shape index (κ3) is 49.8. The number of hydrogen-bond acceptors (Lipinski definition) is 8. The van der Waals surface area contributed by atoms with Crippen molar-refractivity contribution in [1.29, 1.82) is 0 Å². The molecule has 10 nitrogen and oxygen atoms in total. The first-order valence-electron chi connectivity index (χ1n) is 25.2. The van der Waals surface area contributed by atoms with E-state index in [0.717, 1.165) is 109 Å². The zero-order valence-corrected chi connectivity index (χ0v) is 42.3. The van der Waals surface area contributed by atoms with Crippen LogP contribution >= 0.6 is 7.82 Å². The summed E-state index contributed by atoms with van der Waals surface area (Å²) in [6.45, 7) is 3.55. The van der Waals surface area contributed by atoms with E-state index >= 15 is 0 Å². The minimum Gasteiger partial charge on any atom is -0.480 e. The lowest BCUT2D eigenvalue weighted by Gasteiger charge is -2.20. The zero-order valence-electron chi connectivity index (χ0n) is 41.4. The van der Waals surface area contributed by atoms with Crippen molar-refractivity contribution in [3.8, 4) is 0 Å². The highest BCUT2D eigenvalue weighted by molar-refractivity contribution is 7.47. The zero-order chi connectivity index (χ0) is 49.0. The van der Waals surface area contributed by atoms with Gasteiger partial charge in [0.1, 0.15) is 12.1 Å². The lowest BCUT2D eigenvalue weighted by Crippen LogP contribution is -2.34. The van der Waals surface area contributed by atoms with Crippen LogP contribution in [0.15, 0.2) is 134 Å². The molecule has 0 fully saturated rings. The monoisotopic (exact) mass is 952 g/mol. The maximum absolute atomic E-state index is 12.7. The minimum absolute atomic E-state index is 0.0171. The summed E-state index contributed by atoms with van der Waals surface area (Å²) < 4.78 is 33.4. The molecule has 3 atom stereocenters. The normalized spacial score (nSPS) is 14.8. The fraction of sp³-hybridized carbons (Fsp3) is 0.571. The van der Waals surface area contributed by atoms with Crippen LogP contribution in [0.5, 0.6) is 0 Å². The third-order valence-corrected chi connectivity index (χ3v) is 10.9. The molecule has 0 amide bonds. The molecular formula is C56H90NO9P. The van der Waals surface area contributed by atoms with E-state index in [1.54, 1.807) is 0 Å². The van der Waals surface area contributed by atoms with Crippen LogP contribution in [-0.2, 0) is 32.7 Å².